The zero-order valence-electron chi connectivity index (χ0n) is 9.45. The van der Waals surface area contributed by atoms with Gasteiger partial charge in [-0.25, -0.2) is 8.42 Å². The van der Waals surface area contributed by atoms with Crippen molar-refractivity contribution in [3.8, 4) is 0 Å². The van der Waals surface area contributed by atoms with Crippen molar-refractivity contribution in [3.05, 3.63) is 0 Å². The predicted octanol–water partition coefficient (Wildman–Crippen LogP) is -0.221. The molecule has 2 atom stereocenters. The minimum atomic E-state index is -3.57. The molecule has 1 aliphatic carbocycles. The number of hydrogen-bond acceptors (Lipinski definition) is 4. The molecule has 2 fully saturated rings. The van der Waals surface area contributed by atoms with Gasteiger partial charge >= 0.3 is 5.97 Å². The highest BCUT2D eigenvalue weighted by molar-refractivity contribution is 7.89. The fourth-order valence-electron chi connectivity index (χ4n) is 2.67. The summed E-state index contributed by atoms with van der Waals surface area (Å²) in [4.78, 5) is 11.0. The number of carboxylic acids is 1. The van der Waals surface area contributed by atoms with Gasteiger partial charge in [0.05, 0.1) is 11.4 Å². The van der Waals surface area contributed by atoms with Crippen LogP contribution in [0.5, 0.6) is 0 Å². The molecule has 6 nitrogen and oxygen atoms in total. The molecule has 1 saturated carbocycles. The molecule has 0 amide bonds. The van der Waals surface area contributed by atoms with E-state index >= 15 is 0 Å². The summed E-state index contributed by atoms with van der Waals surface area (Å²) in [7, 11) is -3.57. The Bertz CT molecular complexity index is 401. The van der Waals surface area contributed by atoms with Crippen molar-refractivity contribution in [2.75, 3.05) is 6.54 Å². The van der Waals surface area contributed by atoms with E-state index in [1.807, 2.05) is 0 Å². The van der Waals surface area contributed by atoms with E-state index < -0.39 is 33.4 Å². The number of aliphatic carboxylic acids is 1. The Morgan fingerprint density at radius 1 is 1.24 bits per heavy atom. The molecular weight excluding hydrogens is 246 g/mol. The average molecular weight is 263 g/mol. The summed E-state index contributed by atoms with van der Waals surface area (Å²) in [6.45, 7) is -0.0875. The number of sulfonamides is 1. The van der Waals surface area contributed by atoms with Crippen LogP contribution in [0.1, 0.15) is 32.1 Å². The lowest BCUT2D eigenvalue weighted by Gasteiger charge is -2.24. The number of hydrogen-bond donors (Lipinski definition) is 2. The van der Waals surface area contributed by atoms with Gasteiger partial charge in [0, 0.05) is 13.0 Å². The molecule has 0 aromatic carbocycles. The molecule has 0 aromatic heterocycles. The number of β-amino-alcohol motifs (C(OH)–C–C–N with tert-alkyl or cyclic N) is 1. The van der Waals surface area contributed by atoms with Crippen molar-refractivity contribution in [3.63, 3.8) is 0 Å². The second-order valence-corrected chi connectivity index (χ2v) is 6.93. The summed E-state index contributed by atoms with van der Waals surface area (Å²) < 4.78 is 25.5. The van der Waals surface area contributed by atoms with Gasteiger partial charge in [-0.2, -0.15) is 4.31 Å². The first-order valence-electron chi connectivity index (χ1n) is 5.84. The van der Waals surface area contributed by atoms with Crippen LogP contribution in [-0.4, -0.2) is 52.8 Å². The molecule has 0 unspecified atom stereocenters. The van der Waals surface area contributed by atoms with Crippen LogP contribution in [0.3, 0.4) is 0 Å². The number of aliphatic hydroxyl groups is 1. The number of nitrogens with zero attached hydrogens (tertiary/aromatic N) is 1. The van der Waals surface area contributed by atoms with Crippen LogP contribution in [0, 0.1) is 0 Å². The molecule has 98 valence electrons. The first-order chi connectivity index (χ1) is 7.93. The lowest BCUT2D eigenvalue weighted by atomic mass is 10.2. The largest absolute Gasteiger partial charge is 0.480 e. The lowest BCUT2D eigenvalue weighted by molar-refractivity contribution is -0.140. The Hall–Kier alpha value is -0.660. The molecule has 17 heavy (non-hydrogen) atoms. The second-order valence-electron chi connectivity index (χ2n) is 4.76. The van der Waals surface area contributed by atoms with Crippen LogP contribution in [-0.2, 0) is 14.8 Å². The van der Waals surface area contributed by atoms with Gasteiger partial charge in [-0.3, -0.25) is 4.79 Å². The summed E-state index contributed by atoms with van der Waals surface area (Å²) in [6, 6.07) is -1.10. The molecule has 7 heteroatoms. The Labute approximate surface area is 100 Å². The molecule has 2 aliphatic rings. The van der Waals surface area contributed by atoms with Gasteiger partial charge in [0.25, 0.3) is 0 Å². The number of carbonyl (C=O) groups is 1. The van der Waals surface area contributed by atoms with E-state index in [0.29, 0.717) is 12.8 Å². The van der Waals surface area contributed by atoms with Crippen LogP contribution < -0.4 is 0 Å². The zero-order chi connectivity index (χ0) is 12.6. The van der Waals surface area contributed by atoms with Gasteiger partial charge in [-0.05, 0) is 12.8 Å². The van der Waals surface area contributed by atoms with Crippen molar-refractivity contribution >= 4 is 16.0 Å². The van der Waals surface area contributed by atoms with E-state index in [1.165, 1.54) is 0 Å². The van der Waals surface area contributed by atoms with Gasteiger partial charge in [-0.1, -0.05) is 12.8 Å². The van der Waals surface area contributed by atoms with Crippen LogP contribution in [0.15, 0.2) is 0 Å². The summed E-state index contributed by atoms with van der Waals surface area (Å²) in [5, 5.41) is 18.0. The number of aliphatic hydroxyl groups excluding tert-OH is 1. The predicted molar refractivity (Wildman–Crippen MR) is 59.9 cm³/mol. The van der Waals surface area contributed by atoms with E-state index in [-0.39, 0.29) is 13.0 Å². The van der Waals surface area contributed by atoms with E-state index in [9.17, 15) is 18.3 Å². The maximum Gasteiger partial charge on any atom is 0.322 e. The van der Waals surface area contributed by atoms with Gasteiger partial charge < -0.3 is 10.2 Å². The molecule has 1 heterocycles. The topological polar surface area (TPSA) is 94.9 Å². The Balaban J connectivity index is 2.22. The number of carboxylic acid groups (broad SMARTS) is 1. The van der Waals surface area contributed by atoms with Crippen molar-refractivity contribution in [2.24, 2.45) is 0 Å². The molecule has 0 bridgehead atoms. The normalized spacial score (nSPS) is 32.1. The molecule has 2 N–H and O–H groups in total. The van der Waals surface area contributed by atoms with Crippen LogP contribution in [0.4, 0.5) is 0 Å². The molecular formula is C10H17NO5S. The van der Waals surface area contributed by atoms with E-state index in [2.05, 4.69) is 0 Å². The molecule has 1 saturated heterocycles. The minimum Gasteiger partial charge on any atom is -0.480 e. The highest BCUT2D eigenvalue weighted by Gasteiger charge is 2.46. The van der Waals surface area contributed by atoms with Gasteiger partial charge in [0.1, 0.15) is 6.04 Å². The quantitative estimate of drug-likeness (QED) is 0.734. The lowest BCUT2D eigenvalue weighted by Crippen LogP contribution is -2.44. The Morgan fingerprint density at radius 3 is 2.35 bits per heavy atom. The molecule has 2 rings (SSSR count). The van der Waals surface area contributed by atoms with E-state index in [1.54, 1.807) is 0 Å². The first-order valence-corrected chi connectivity index (χ1v) is 7.35. The van der Waals surface area contributed by atoms with Crippen molar-refractivity contribution in [1.29, 1.82) is 0 Å². The minimum absolute atomic E-state index is 0.0126. The summed E-state index contributed by atoms with van der Waals surface area (Å²) in [5.41, 5.74) is 0. The average Bonchev–Trinajstić information content (AvgIpc) is 2.84. The van der Waals surface area contributed by atoms with Crippen molar-refractivity contribution in [1.82, 2.24) is 4.31 Å². The second kappa shape index (κ2) is 4.55. The van der Waals surface area contributed by atoms with Gasteiger partial charge in [0.15, 0.2) is 0 Å². The summed E-state index contributed by atoms with van der Waals surface area (Å²) in [6.07, 6.45) is 2.06. The van der Waals surface area contributed by atoms with Gasteiger partial charge in [-0.15, -0.1) is 0 Å². The van der Waals surface area contributed by atoms with E-state index in [0.717, 1.165) is 17.1 Å². The highest BCUT2D eigenvalue weighted by Crippen LogP contribution is 2.31. The Kier molecular flexibility index (Phi) is 3.42. The van der Waals surface area contributed by atoms with Crippen LogP contribution in [0.2, 0.25) is 0 Å². The molecule has 1 aliphatic heterocycles. The summed E-state index contributed by atoms with van der Waals surface area (Å²) in [5.74, 6) is -1.18. The standard InChI is InChI=1S/C10H17NO5S/c12-7-5-9(10(13)14)11(6-7)17(15,16)8-3-1-2-4-8/h7-9,12H,1-6H2,(H,13,14)/t7-,9+/m1/s1. The zero-order valence-corrected chi connectivity index (χ0v) is 10.3. The van der Waals surface area contributed by atoms with Crippen molar-refractivity contribution < 1.29 is 23.4 Å². The summed E-state index contributed by atoms with van der Waals surface area (Å²) >= 11 is 0. The van der Waals surface area contributed by atoms with Crippen LogP contribution >= 0.6 is 0 Å². The third-order valence-corrected chi connectivity index (χ3v) is 5.94. The monoisotopic (exact) mass is 263 g/mol. The van der Waals surface area contributed by atoms with Crippen LogP contribution in [0.25, 0.3) is 0 Å². The van der Waals surface area contributed by atoms with E-state index in [4.69, 9.17) is 5.11 Å². The smallest absolute Gasteiger partial charge is 0.322 e. The third-order valence-electron chi connectivity index (χ3n) is 3.57. The fraction of sp³-hybridized carbons (Fsp3) is 0.900. The maximum atomic E-state index is 12.2. The SMILES string of the molecule is O=C(O)[C@@H]1C[C@@H](O)CN1S(=O)(=O)C1CCCC1. The van der Waals surface area contributed by atoms with Crippen molar-refractivity contribution in [2.45, 2.75) is 49.5 Å². The molecule has 0 spiro atoms. The highest BCUT2D eigenvalue weighted by atomic mass is 32.2. The first kappa shape index (κ1) is 12.8. The Morgan fingerprint density at radius 2 is 1.82 bits per heavy atom. The van der Waals surface area contributed by atoms with Gasteiger partial charge in [0.2, 0.25) is 10.0 Å². The molecule has 0 aromatic rings. The maximum absolute atomic E-state index is 12.2. The third kappa shape index (κ3) is 2.31. The number of rotatable bonds is 3. The fourth-order valence-corrected chi connectivity index (χ4v) is 4.89. The molecule has 0 radical (unpaired) electrons.